The summed E-state index contributed by atoms with van der Waals surface area (Å²) in [6, 6.07) is 5.56. The number of aromatic nitrogens is 4. The van der Waals surface area contributed by atoms with Crippen LogP contribution in [0.3, 0.4) is 0 Å². The number of carbonyl (C=O) groups excluding carboxylic acids is 1. The van der Waals surface area contributed by atoms with E-state index in [0.29, 0.717) is 18.7 Å². The first-order chi connectivity index (χ1) is 10.5. The molecule has 2 heterocycles. The van der Waals surface area contributed by atoms with Crippen molar-refractivity contribution in [3.8, 4) is 5.69 Å². The summed E-state index contributed by atoms with van der Waals surface area (Å²) < 4.78 is 7.26. The molecule has 1 fully saturated rings. The van der Waals surface area contributed by atoms with Crippen molar-refractivity contribution in [2.75, 3.05) is 13.1 Å². The highest BCUT2D eigenvalue weighted by Crippen LogP contribution is 2.18. The number of nitrogens with zero attached hydrogens (tertiary/aromatic N) is 5. The largest absolute Gasteiger partial charge is 0.372 e. The monoisotopic (exact) mass is 301 g/mol. The van der Waals surface area contributed by atoms with Crippen molar-refractivity contribution >= 4 is 5.91 Å². The summed E-state index contributed by atoms with van der Waals surface area (Å²) in [6.07, 6.45) is 1.67. The fourth-order valence-electron chi connectivity index (χ4n) is 2.84. The van der Waals surface area contributed by atoms with Gasteiger partial charge in [0.2, 0.25) is 0 Å². The molecule has 0 radical (unpaired) electrons. The van der Waals surface area contributed by atoms with Crippen LogP contribution in [0.5, 0.6) is 0 Å². The van der Waals surface area contributed by atoms with Crippen molar-refractivity contribution in [1.82, 2.24) is 25.1 Å². The molecule has 0 spiro atoms. The van der Waals surface area contributed by atoms with Gasteiger partial charge in [-0.3, -0.25) is 4.79 Å². The van der Waals surface area contributed by atoms with Crippen LogP contribution in [-0.2, 0) is 4.74 Å². The van der Waals surface area contributed by atoms with E-state index in [9.17, 15) is 4.79 Å². The average Bonchev–Trinajstić information content (AvgIpc) is 2.99. The zero-order valence-corrected chi connectivity index (χ0v) is 12.9. The first-order valence-corrected chi connectivity index (χ1v) is 7.33. The molecule has 0 bridgehead atoms. The van der Waals surface area contributed by atoms with Crippen LogP contribution in [-0.4, -0.2) is 56.3 Å². The molecule has 1 aromatic heterocycles. The summed E-state index contributed by atoms with van der Waals surface area (Å²) >= 11 is 0. The van der Waals surface area contributed by atoms with Crippen LogP contribution in [0.25, 0.3) is 5.69 Å². The Balaban J connectivity index is 1.83. The minimum atomic E-state index is 0.0355. The second-order valence-electron chi connectivity index (χ2n) is 5.72. The van der Waals surface area contributed by atoms with Crippen LogP contribution in [0.15, 0.2) is 24.5 Å². The van der Waals surface area contributed by atoms with Gasteiger partial charge in [-0.25, -0.2) is 4.68 Å². The van der Waals surface area contributed by atoms with Crippen molar-refractivity contribution in [3.05, 3.63) is 35.7 Å². The molecule has 7 nitrogen and oxygen atoms in total. The molecule has 1 aliphatic rings. The van der Waals surface area contributed by atoms with E-state index < -0.39 is 0 Å². The van der Waals surface area contributed by atoms with E-state index in [1.807, 2.05) is 43.9 Å². The van der Waals surface area contributed by atoms with Crippen molar-refractivity contribution in [3.63, 3.8) is 0 Å². The number of morpholine rings is 1. The van der Waals surface area contributed by atoms with Crippen LogP contribution < -0.4 is 0 Å². The van der Waals surface area contributed by atoms with E-state index in [-0.39, 0.29) is 18.1 Å². The van der Waals surface area contributed by atoms with Crippen molar-refractivity contribution in [1.29, 1.82) is 0 Å². The van der Waals surface area contributed by atoms with E-state index in [1.54, 1.807) is 4.68 Å². The molecule has 2 atom stereocenters. The lowest BCUT2D eigenvalue weighted by Gasteiger charge is -2.35. The predicted octanol–water partition coefficient (Wildman–Crippen LogP) is 1.22. The van der Waals surface area contributed by atoms with Crippen LogP contribution >= 0.6 is 0 Å². The maximum atomic E-state index is 12.7. The Morgan fingerprint density at radius 2 is 2.00 bits per heavy atom. The standard InChI is InChI=1S/C15H19N5O2/c1-10-6-13(4-5-14(10)20-9-16-17-18-20)15(21)19-7-11(2)22-12(3)8-19/h4-6,9,11-12H,7-8H2,1-3H3/t11-,12-/m1/s1. The fraction of sp³-hybridized carbons (Fsp3) is 0.467. The zero-order chi connectivity index (χ0) is 15.7. The van der Waals surface area contributed by atoms with Gasteiger partial charge in [0.15, 0.2) is 0 Å². The molecule has 0 aliphatic carbocycles. The molecule has 0 saturated carbocycles. The molecule has 2 aromatic rings. The van der Waals surface area contributed by atoms with Crippen LogP contribution in [0.1, 0.15) is 29.8 Å². The first kappa shape index (κ1) is 14.6. The maximum Gasteiger partial charge on any atom is 0.254 e. The van der Waals surface area contributed by atoms with Crippen LogP contribution in [0, 0.1) is 6.92 Å². The second kappa shape index (κ2) is 5.84. The normalized spacial score (nSPS) is 21.9. The lowest BCUT2D eigenvalue weighted by molar-refractivity contribution is -0.0586. The molecule has 1 aromatic carbocycles. The van der Waals surface area contributed by atoms with E-state index in [0.717, 1.165) is 11.3 Å². The molecular weight excluding hydrogens is 282 g/mol. The van der Waals surface area contributed by atoms with Gasteiger partial charge in [-0.2, -0.15) is 0 Å². The number of ether oxygens (including phenoxy) is 1. The fourth-order valence-corrected chi connectivity index (χ4v) is 2.84. The second-order valence-corrected chi connectivity index (χ2v) is 5.72. The van der Waals surface area contributed by atoms with Gasteiger partial charge in [-0.15, -0.1) is 5.10 Å². The van der Waals surface area contributed by atoms with Crippen molar-refractivity contribution in [2.45, 2.75) is 33.0 Å². The predicted molar refractivity (Wildman–Crippen MR) is 79.8 cm³/mol. The topological polar surface area (TPSA) is 73.1 Å². The highest BCUT2D eigenvalue weighted by molar-refractivity contribution is 5.94. The Morgan fingerprint density at radius 3 is 2.59 bits per heavy atom. The van der Waals surface area contributed by atoms with Gasteiger partial charge in [0.05, 0.1) is 17.9 Å². The molecular formula is C15H19N5O2. The Morgan fingerprint density at radius 1 is 1.27 bits per heavy atom. The van der Waals surface area contributed by atoms with E-state index in [1.165, 1.54) is 6.33 Å². The van der Waals surface area contributed by atoms with E-state index in [4.69, 9.17) is 4.74 Å². The van der Waals surface area contributed by atoms with Gasteiger partial charge in [0, 0.05) is 18.7 Å². The summed E-state index contributed by atoms with van der Waals surface area (Å²) in [4.78, 5) is 14.5. The average molecular weight is 301 g/mol. The van der Waals surface area contributed by atoms with Gasteiger partial charge in [0.1, 0.15) is 6.33 Å². The highest BCUT2D eigenvalue weighted by Gasteiger charge is 2.26. The number of hydrogen-bond donors (Lipinski definition) is 0. The number of hydrogen-bond acceptors (Lipinski definition) is 5. The summed E-state index contributed by atoms with van der Waals surface area (Å²) in [5.74, 6) is 0.0355. The molecule has 3 rings (SSSR count). The Labute approximate surface area is 128 Å². The summed E-state index contributed by atoms with van der Waals surface area (Å²) in [5.41, 5.74) is 2.49. The highest BCUT2D eigenvalue weighted by atomic mass is 16.5. The quantitative estimate of drug-likeness (QED) is 0.834. The zero-order valence-electron chi connectivity index (χ0n) is 12.9. The lowest BCUT2D eigenvalue weighted by atomic mass is 10.1. The van der Waals surface area contributed by atoms with Crippen LogP contribution in [0.4, 0.5) is 0 Å². The number of tetrazole rings is 1. The maximum absolute atomic E-state index is 12.7. The third-order valence-corrected chi connectivity index (χ3v) is 3.75. The molecule has 7 heteroatoms. The molecule has 1 amide bonds. The first-order valence-electron chi connectivity index (χ1n) is 7.33. The van der Waals surface area contributed by atoms with Crippen LogP contribution in [0.2, 0.25) is 0 Å². The summed E-state index contributed by atoms with van der Waals surface area (Å²) in [6.45, 7) is 7.16. The van der Waals surface area contributed by atoms with Crippen molar-refractivity contribution in [2.24, 2.45) is 0 Å². The third-order valence-electron chi connectivity index (χ3n) is 3.75. The van der Waals surface area contributed by atoms with Gasteiger partial charge in [-0.05, 0) is 55.0 Å². The lowest BCUT2D eigenvalue weighted by Crippen LogP contribution is -2.48. The number of rotatable bonds is 2. The van der Waals surface area contributed by atoms with Gasteiger partial charge in [-0.1, -0.05) is 0 Å². The van der Waals surface area contributed by atoms with Gasteiger partial charge < -0.3 is 9.64 Å². The van der Waals surface area contributed by atoms with Crippen molar-refractivity contribution < 1.29 is 9.53 Å². The van der Waals surface area contributed by atoms with Gasteiger partial charge in [0.25, 0.3) is 5.91 Å². The Bertz CT molecular complexity index is 661. The number of aryl methyl sites for hydroxylation is 1. The van der Waals surface area contributed by atoms with E-state index >= 15 is 0 Å². The Kier molecular flexibility index (Phi) is 3.89. The number of amides is 1. The molecule has 1 aliphatic heterocycles. The Hall–Kier alpha value is -2.28. The SMILES string of the molecule is Cc1cc(C(=O)N2C[C@@H](C)O[C@H](C)C2)ccc1-n1cnnn1. The summed E-state index contributed by atoms with van der Waals surface area (Å²) in [5, 5.41) is 11.1. The van der Waals surface area contributed by atoms with Gasteiger partial charge >= 0.3 is 0 Å². The molecule has 1 saturated heterocycles. The smallest absolute Gasteiger partial charge is 0.254 e. The molecule has 116 valence electrons. The minimum absolute atomic E-state index is 0.0355. The number of benzene rings is 1. The molecule has 0 unspecified atom stereocenters. The minimum Gasteiger partial charge on any atom is -0.372 e. The molecule has 0 N–H and O–H groups in total. The molecule has 22 heavy (non-hydrogen) atoms. The van der Waals surface area contributed by atoms with E-state index in [2.05, 4.69) is 15.5 Å². The number of carbonyl (C=O) groups is 1. The summed E-state index contributed by atoms with van der Waals surface area (Å²) in [7, 11) is 0. The third kappa shape index (κ3) is 2.85.